The fraction of sp³-hybridized carbons (Fsp3) is 0.875. The molecule has 3 rings (SSSR count). The Morgan fingerprint density at radius 3 is 2.81 bits per heavy atom. The van der Waals surface area contributed by atoms with E-state index in [0.29, 0.717) is 12.0 Å². The molecule has 1 unspecified atom stereocenters. The minimum atomic E-state index is 0.507. The van der Waals surface area contributed by atoms with Gasteiger partial charge in [-0.2, -0.15) is 4.98 Å². The topological polar surface area (TPSA) is 54.2 Å². The maximum absolute atomic E-state index is 5.52. The predicted octanol–water partition coefficient (Wildman–Crippen LogP) is 2.69. The average molecular weight is 292 g/mol. The van der Waals surface area contributed by atoms with Crippen LogP contribution in [0, 0.1) is 0 Å². The lowest BCUT2D eigenvalue weighted by atomic mass is 9.89. The molecule has 2 heterocycles. The van der Waals surface area contributed by atoms with Crippen molar-refractivity contribution in [1.29, 1.82) is 0 Å². The van der Waals surface area contributed by atoms with Crippen LogP contribution in [-0.2, 0) is 6.54 Å². The molecule has 118 valence electrons. The van der Waals surface area contributed by atoms with Crippen molar-refractivity contribution in [1.82, 2.24) is 20.4 Å². The lowest BCUT2D eigenvalue weighted by Gasteiger charge is -2.25. The predicted molar refractivity (Wildman–Crippen MR) is 82.1 cm³/mol. The van der Waals surface area contributed by atoms with Crippen molar-refractivity contribution in [2.75, 3.05) is 20.1 Å². The first kappa shape index (κ1) is 15.0. The first-order valence-corrected chi connectivity index (χ1v) is 8.56. The van der Waals surface area contributed by atoms with Crippen LogP contribution < -0.4 is 5.32 Å². The second kappa shape index (κ2) is 7.36. The molecule has 1 saturated carbocycles. The van der Waals surface area contributed by atoms with Gasteiger partial charge in [0, 0.05) is 12.0 Å². The number of hydrogen-bond donors (Lipinski definition) is 1. The Balaban J connectivity index is 1.55. The molecule has 1 saturated heterocycles. The lowest BCUT2D eigenvalue weighted by Crippen LogP contribution is -2.32. The SMILES string of the molecule is CN(Cc1noc(C2CCCCC2)n1)C1CCCNCC1. The second-order valence-electron chi connectivity index (χ2n) is 6.63. The quantitative estimate of drug-likeness (QED) is 0.924. The van der Waals surface area contributed by atoms with Crippen LogP contribution in [0.15, 0.2) is 4.52 Å². The molecule has 0 bridgehead atoms. The third-order valence-corrected chi connectivity index (χ3v) is 5.00. The maximum atomic E-state index is 5.52. The zero-order valence-electron chi connectivity index (χ0n) is 13.2. The number of aromatic nitrogens is 2. The molecule has 0 amide bonds. The molecule has 5 heteroatoms. The van der Waals surface area contributed by atoms with Crippen molar-refractivity contribution in [2.45, 2.75) is 69.9 Å². The lowest BCUT2D eigenvalue weighted by molar-refractivity contribution is 0.208. The summed E-state index contributed by atoms with van der Waals surface area (Å²) in [5.41, 5.74) is 0. The van der Waals surface area contributed by atoms with E-state index in [2.05, 4.69) is 27.4 Å². The summed E-state index contributed by atoms with van der Waals surface area (Å²) in [7, 11) is 2.19. The van der Waals surface area contributed by atoms with Gasteiger partial charge in [0.15, 0.2) is 5.82 Å². The highest BCUT2D eigenvalue weighted by molar-refractivity contribution is 4.95. The van der Waals surface area contributed by atoms with Crippen molar-refractivity contribution in [3.63, 3.8) is 0 Å². The number of nitrogens with zero attached hydrogens (tertiary/aromatic N) is 3. The number of nitrogens with one attached hydrogen (secondary N) is 1. The summed E-state index contributed by atoms with van der Waals surface area (Å²) in [6.45, 7) is 3.08. The molecule has 5 nitrogen and oxygen atoms in total. The molecule has 21 heavy (non-hydrogen) atoms. The molecule has 0 spiro atoms. The highest BCUT2D eigenvalue weighted by Gasteiger charge is 2.23. The Morgan fingerprint density at radius 2 is 1.95 bits per heavy atom. The van der Waals surface area contributed by atoms with Gasteiger partial charge in [-0.1, -0.05) is 24.4 Å². The fourth-order valence-corrected chi connectivity index (χ4v) is 3.64. The van der Waals surface area contributed by atoms with Crippen molar-refractivity contribution in [3.05, 3.63) is 11.7 Å². The van der Waals surface area contributed by atoms with E-state index in [4.69, 9.17) is 4.52 Å². The molecule has 2 aliphatic rings. The van der Waals surface area contributed by atoms with Gasteiger partial charge < -0.3 is 9.84 Å². The van der Waals surface area contributed by atoms with Gasteiger partial charge in [-0.05, 0) is 52.2 Å². The van der Waals surface area contributed by atoms with Crippen LogP contribution in [0.5, 0.6) is 0 Å². The van der Waals surface area contributed by atoms with Gasteiger partial charge in [-0.3, -0.25) is 4.90 Å². The monoisotopic (exact) mass is 292 g/mol. The molecular weight excluding hydrogens is 264 g/mol. The fourth-order valence-electron chi connectivity index (χ4n) is 3.64. The van der Waals surface area contributed by atoms with E-state index in [1.165, 1.54) is 51.4 Å². The maximum Gasteiger partial charge on any atom is 0.229 e. The van der Waals surface area contributed by atoms with E-state index in [-0.39, 0.29) is 0 Å². The van der Waals surface area contributed by atoms with Crippen LogP contribution in [-0.4, -0.2) is 41.2 Å². The molecule has 1 aromatic heterocycles. The zero-order valence-corrected chi connectivity index (χ0v) is 13.2. The minimum absolute atomic E-state index is 0.507. The molecule has 1 atom stereocenters. The Morgan fingerprint density at radius 1 is 1.10 bits per heavy atom. The van der Waals surface area contributed by atoms with Crippen molar-refractivity contribution < 1.29 is 4.52 Å². The Bertz CT molecular complexity index is 420. The van der Waals surface area contributed by atoms with Crippen LogP contribution in [0.1, 0.15) is 69.0 Å². The van der Waals surface area contributed by atoms with Gasteiger partial charge in [-0.15, -0.1) is 0 Å². The number of rotatable bonds is 4. The average Bonchev–Trinajstić information content (AvgIpc) is 2.81. The molecule has 1 N–H and O–H groups in total. The second-order valence-corrected chi connectivity index (χ2v) is 6.63. The summed E-state index contributed by atoms with van der Waals surface area (Å²) < 4.78 is 5.52. The van der Waals surface area contributed by atoms with E-state index < -0.39 is 0 Å². The Kier molecular flexibility index (Phi) is 5.25. The van der Waals surface area contributed by atoms with Gasteiger partial charge >= 0.3 is 0 Å². The summed E-state index contributed by atoms with van der Waals surface area (Å²) >= 11 is 0. The summed E-state index contributed by atoms with van der Waals surface area (Å²) in [6, 6.07) is 0.636. The molecule has 1 aliphatic heterocycles. The minimum Gasteiger partial charge on any atom is -0.339 e. The van der Waals surface area contributed by atoms with Crippen LogP contribution in [0.25, 0.3) is 0 Å². The van der Waals surface area contributed by atoms with E-state index in [0.717, 1.165) is 31.3 Å². The first-order chi connectivity index (χ1) is 10.3. The van der Waals surface area contributed by atoms with Gasteiger partial charge in [0.25, 0.3) is 0 Å². The summed E-state index contributed by atoms with van der Waals surface area (Å²) in [4.78, 5) is 7.05. The van der Waals surface area contributed by atoms with Crippen LogP contribution >= 0.6 is 0 Å². The van der Waals surface area contributed by atoms with Crippen molar-refractivity contribution in [2.24, 2.45) is 0 Å². The van der Waals surface area contributed by atoms with Crippen molar-refractivity contribution in [3.8, 4) is 0 Å². The van der Waals surface area contributed by atoms with Gasteiger partial charge in [-0.25, -0.2) is 0 Å². The smallest absolute Gasteiger partial charge is 0.229 e. The highest BCUT2D eigenvalue weighted by atomic mass is 16.5. The molecule has 0 radical (unpaired) electrons. The van der Waals surface area contributed by atoms with Crippen LogP contribution in [0.2, 0.25) is 0 Å². The molecule has 0 aromatic carbocycles. The summed E-state index contributed by atoms with van der Waals surface area (Å²) in [5.74, 6) is 2.24. The third kappa shape index (κ3) is 4.04. The van der Waals surface area contributed by atoms with E-state index >= 15 is 0 Å². The van der Waals surface area contributed by atoms with Gasteiger partial charge in [0.2, 0.25) is 5.89 Å². The third-order valence-electron chi connectivity index (χ3n) is 5.00. The largest absolute Gasteiger partial charge is 0.339 e. The van der Waals surface area contributed by atoms with E-state index in [9.17, 15) is 0 Å². The molecule has 2 fully saturated rings. The van der Waals surface area contributed by atoms with E-state index in [1.54, 1.807) is 0 Å². The van der Waals surface area contributed by atoms with Crippen molar-refractivity contribution >= 4 is 0 Å². The highest BCUT2D eigenvalue weighted by Crippen LogP contribution is 2.31. The molecule has 1 aliphatic carbocycles. The standard InChI is InChI=1S/C16H28N4O/c1-20(14-8-5-10-17-11-9-14)12-15-18-16(21-19-15)13-6-3-2-4-7-13/h13-14,17H,2-12H2,1H3. The summed E-state index contributed by atoms with van der Waals surface area (Å²) in [5, 5.41) is 7.67. The molecule has 1 aromatic rings. The van der Waals surface area contributed by atoms with Gasteiger partial charge in [0.1, 0.15) is 0 Å². The number of hydrogen-bond acceptors (Lipinski definition) is 5. The van der Waals surface area contributed by atoms with E-state index in [1.807, 2.05) is 0 Å². The molecular formula is C16H28N4O. The van der Waals surface area contributed by atoms with Gasteiger partial charge in [0.05, 0.1) is 6.54 Å². The normalized spacial score (nSPS) is 25.1. The zero-order chi connectivity index (χ0) is 14.5. The first-order valence-electron chi connectivity index (χ1n) is 8.56. The van der Waals surface area contributed by atoms with Crippen LogP contribution in [0.3, 0.4) is 0 Å². The Labute approximate surface area is 127 Å². The summed E-state index contributed by atoms with van der Waals surface area (Å²) in [6.07, 6.45) is 10.1. The Hall–Kier alpha value is -0.940. The van der Waals surface area contributed by atoms with Crippen LogP contribution in [0.4, 0.5) is 0 Å².